The zero-order chi connectivity index (χ0) is 26.9. The molecule has 8 nitrogen and oxygen atoms in total. The summed E-state index contributed by atoms with van der Waals surface area (Å²) in [6.07, 6.45) is 6.30. The van der Waals surface area contributed by atoms with Gasteiger partial charge in [-0.1, -0.05) is 73.9 Å². The van der Waals surface area contributed by atoms with Crippen LogP contribution >= 0.6 is 0 Å². The Morgan fingerprint density at radius 3 is 2.26 bits per heavy atom. The highest BCUT2D eigenvalue weighted by molar-refractivity contribution is 6.02. The molecule has 1 fully saturated rings. The maximum absolute atomic E-state index is 13.6. The number of benzene rings is 3. The van der Waals surface area contributed by atoms with Crippen LogP contribution in [0.25, 0.3) is 0 Å². The fraction of sp³-hybridized carbons (Fsp3) is 0.300. The van der Waals surface area contributed by atoms with Crippen molar-refractivity contribution in [2.75, 3.05) is 4.90 Å². The number of carbonyl (C=O) groups excluding carboxylic acids is 2. The number of hydrogen-bond donors (Lipinski definition) is 3. The van der Waals surface area contributed by atoms with Crippen LogP contribution in [-0.2, 0) is 6.54 Å². The number of rotatable bonds is 7. The molecule has 3 aromatic rings. The van der Waals surface area contributed by atoms with Gasteiger partial charge in [-0.15, -0.1) is 5.53 Å². The molecule has 1 atom stereocenters. The molecule has 0 aliphatic heterocycles. The van der Waals surface area contributed by atoms with Gasteiger partial charge in [0, 0.05) is 16.4 Å². The van der Waals surface area contributed by atoms with E-state index < -0.39 is 5.91 Å². The molecule has 0 spiro atoms. The van der Waals surface area contributed by atoms with E-state index in [9.17, 15) is 9.59 Å². The molecule has 0 saturated heterocycles. The molecule has 1 aliphatic rings. The van der Waals surface area contributed by atoms with Crippen LogP contribution in [-0.4, -0.2) is 17.9 Å². The zero-order valence-electron chi connectivity index (χ0n) is 21.7. The molecule has 8 heteroatoms. The lowest BCUT2D eigenvalue weighted by molar-refractivity contribution is -0.207. The van der Waals surface area contributed by atoms with Crippen molar-refractivity contribution in [3.63, 3.8) is 0 Å². The van der Waals surface area contributed by atoms with Crippen LogP contribution in [0.3, 0.4) is 0 Å². The number of guanidine groups is 1. The summed E-state index contributed by atoms with van der Waals surface area (Å²) in [7, 11) is 0. The van der Waals surface area contributed by atoms with E-state index in [0.717, 1.165) is 16.8 Å². The fourth-order valence-corrected chi connectivity index (χ4v) is 4.86. The van der Waals surface area contributed by atoms with Crippen LogP contribution in [0, 0.1) is 0 Å². The molecule has 1 saturated carbocycles. The first kappa shape index (κ1) is 26.7. The Labute approximate surface area is 223 Å². The normalized spacial score (nSPS) is 14.9. The Balaban J connectivity index is 1.55. The number of amides is 3. The number of aliphatic imine (C=N–C) groups is 1. The summed E-state index contributed by atoms with van der Waals surface area (Å²) >= 11 is 0. The Bertz CT molecular complexity index is 1270. The molecule has 0 aromatic heterocycles. The Morgan fingerprint density at radius 1 is 0.974 bits per heavy atom. The van der Waals surface area contributed by atoms with Crippen molar-refractivity contribution in [1.82, 2.24) is 5.32 Å². The summed E-state index contributed by atoms with van der Waals surface area (Å²) in [6, 6.07) is 24.8. The number of anilines is 1. The molecule has 3 amide bonds. The van der Waals surface area contributed by atoms with Crippen LogP contribution in [0.1, 0.15) is 78.0 Å². The Hall–Kier alpha value is -4.33. The van der Waals surface area contributed by atoms with Gasteiger partial charge in [-0.2, -0.15) is 4.99 Å². The van der Waals surface area contributed by atoms with Crippen molar-refractivity contribution in [2.45, 2.75) is 57.5 Å². The zero-order valence-corrected chi connectivity index (χ0v) is 21.7. The monoisotopic (exact) mass is 511 g/mol. The number of nitrogens with one attached hydrogen (secondary N) is 1. The summed E-state index contributed by atoms with van der Waals surface area (Å²) in [4.78, 5) is 31.1. The van der Waals surface area contributed by atoms with Gasteiger partial charge in [0.15, 0.2) is 0 Å². The second-order valence-corrected chi connectivity index (χ2v) is 9.70. The average Bonchev–Trinajstić information content (AvgIpc) is 2.97. The smallest absolute Gasteiger partial charge is 0.322 e. The highest BCUT2D eigenvalue weighted by atomic mass is 16.2. The van der Waals surface area contributed by atoms with Crippen molar-refractivity contribution >= 4 is 23.6 Å². The molecule has 196 valence electrons. The fourth-order valence-electron chi connectivity index (χ4n) is 4.86. The number of urea groups is 1. The van der Waals surface area contributed by atoms with Gasteiger partial charge in [-0.05, 0) is 66.6 Å². The second kappa shape index (κ2) is 12.8. The second-order valence-electron chi connectivity index (χ2n) is 9.70. The van der Waals surface area contributed by atoms with Gasteiger partial charge in [0.2, 0.25) is 0 Å². The van der Waals surface area contributed by atoms with Gasteiger partial charge in [0.05, 0.1) is 12.6 Å². The maximum atomic E-state index is 13.6. The van der Waals surface area contributed by atoms with E-state index in [2.05, 4.69) is 27.6 Å². The van der Waals surface area contributed by atoms with E-state index in [-0.39, 0.29) is 18.0 Å². The van der Waals surface area contributed by atoms with Crippen molar-refractivity contribution in [3.8, 4) is 0 Å². The molecule has 4 rings (SSSR count). The van der Waals surface area contributed by atoms with Crippen molar-refractivity contribution < 1.29 is 15.1 Å². The van der Waals surface area contributed by atoms with E-state index in [1.165, 1.54) is 37.7 Å². The maximum Gasteiger partial charge on any atom is 0.322 e. The third-order valence-corrected chi connectivity index (χ3v) is 7.06. The number of hydrogen-bond acceptors (Lipinski definition) is 2. The Kier molecular flexibility index (Phi) is 8.98. The first-order valence-corrected chi connectivity index (χ1v) is 13.1. The van der Waals surface area contributed by atoms with E-state index in [4.69, 9.17) is 11.3 Å². The van der Waals surface area contributed by atoms with E-state index in [1.54, 1.807) is 29.2 Å². The summed E-state index contributed by atoms with van der Waals surface area (Å²) in [5.74, 6) is -0.231. The lowest BCUT2D eigenvalue weighted by atomic mass is 9.84. The molecular formula is C30H35N6O2+. The third-order valence-electron chi connectivity index (χ3n) is 7.06. The van der Waals surface area contributed by atoms with Crippen LogP contribution < -0.4 is 21.5 Å². The molecule has 3 aromatic carbocycles. The lowest BCUT2D eigenvalue weighted by Crippen LogP contribution is -2.40. The van der Waals surface area contributed by atoms with E-state index in [1.807, 2.05) is 49.4 Å². The van der Waals surface area contributed by atoms with Gasteiger partial charge in [-0.3, -0.25) is 9.69 Å². The largest absolute Gasteiger partial charge is 0.363 e. The van der Waals surface area contributed by atoms with E-state index >= 15 is 0 Å². The summed E-state index contributed by atoms with van der Waals surface area (Å²) in [5.41, 5.74) is 14.9. The number of carbonyl (C=O) groups is 2. The van der Waals surface area contributed by atoms with Gasteiger partial charge >= 0.3 is 6.03 Å². The first-order valence-electron chi connectivity index (χ1n) is 13.1. The SMILES string of the molecule is CC(NC(=O)N(Cc1ccc(C(=O)N=C(N)N=[NH2+])cc1)c1ccc(C2CCCCC2)cc1)c1ccccc1. The van der Waals surface area contributed by atoms with Crippen molar-refractivity contribution in [2.24, 2.45) is 15.8 Å². The molecular weight excluding hydrogens is 476 g/mol. The number of nitrogens with zero attached hydrogens (tertiary/aromatic N) is 3. The lowest BCUT2D eigenvalue weighted by Gasteiger charge is -2.27. The minimum atomic E-state index is -0.534. The third kappa shape index (κ3) is 6.91. The predicted octanol–water partition coefficient (Wildman–Crippen LogP) is 4.88. The molecule has 38 heavy (non-hydrogen) atoms. The Morgan fingerprint density at radius 2 is 1.63 bits per heavy atom. The standard InChI is InChI=1S/C30H34N6O2/c1-21(23-8-4-2-5-9-23)33-30(38)36(27-18-16-25(17-19-27)24-10-6-3-7-11-24)20-22-12-14-26(15-13-22)28(37)34-29(31)35-32/h2,4-5,8-9,12-19,21,24,32H,3,6-7,10-11,20H2,1H3,(H,33,38)(H2,31,34,37)/p+1. The predicted molar refractivity (Wildman–Crippen MR) is 149 cm³/mol. The topological polar surface area (TPSA) is 126 Å². The molecule has 5 N–H and O–H groups in total. The van der Waals surface area contributed by atoms with E-state index in [0.29, 0.717) is 18.0 Å². The number of nitrogens with two attached hydrogens (primary N) is 2. The quantitative estimate of drug-likeness (QED) is 0.238. The van der Waals surface area contributed by atoms with Crippen LogP contribution in [0.5, 0.6) is 0 Å². The van der Waals surface area contributed by atoms with Gasteiger partial charge in [-0.25, -0.2) is 4.79 Å². The average molecular weight is 512 g/mol. The summed E-state index contributed by atoms with van der Waals surface area (Å²) < 4.78 is 0. The molecule has 0 heterocycles. The molecule has 0 bridgehead atoms. The van der Waals surface area contributed by atoms with Crippen molar-refractivity contribution in [3.05, 3.63) is 101 Å². The minimum absolute atomic E-state index is 0.163. The summed E-state index contributed by atoms with van der Waals surface area (Å²) in [6.45, 7) is 2.30. The first-order chi connectivity index (χ1) is 18.4. The molecule has 0 radical (unpaired) electrons. The summed E-state index contributed by atoms with van der Waals surface area (Å²) in [5, 5.41) is 6.33. The highest BCUT2D eigenvalue weighted by Gasteiger charge is 2.21. The highest BCUT2D eigenvalue weighted by Crippen LogP contribution is 2.33. The molecule has 1 unspecified atom stereocenters. The van der Waals surface area contributed by atoms with Crippen molar-refractivity contribution in [1.29, 1.82) is 0 Å². The van der Waals surface area contributed by atoms with Crippen LogP contribution in [0.4, 0.5) is 10.5 Å². The van der Waals surface area contributed by atoms with Gasteiger partial charge < -0.3 is 11.1 Å². The molecule has 1 aliphatic carbocycles. The van der Waals surface area contributed by atoms with Crippen LogP contribution in [0.2, 0.25) is 0 Å². The van der Waals surface area contributed by atoms with Gasteiger partial charge in [0.1, 0.15) is 0 Å². The van der Waals surface area contributed by atoms with Gasteiger partial charge in [0.25, 0.3) is 11.9 Å². The van der Waals surface area contributed by atoms with Crippen LogP contribution in [0.15, 0.2) is 89.0 Å². The minimum Gasteiger partial charge on any atom is -0.363 e.